The summed E-state index contributed by atoms with van der Waals surface area (Å²) < 4.78 is 38.2. The zero-order valence-electron chi connectivity index (χ0n) is 23.9. The van der Waals surface area contributed by atoms with E-state index in [1.54, 1.807) is 26.4 Å². The summed E-state index contributed by atoms with van der Waals surface area (Å²) in [5, 5.41) is 12.6. The van der Waals surface area contributed by atoms with Crippen LogP contribution in [0.2, 0.25) is 0 Å². The number of nitrogens with zero attached hydrogens (tertiary/aromatic N) is 1. The maximum absolute atomic E-state index is 13.5. The molecule has 40 heavy (non-hydrogen) atoms. The Kier molecular flexibility index (Phi) is 5.39. The number of carbonyl (C=O) groups excluding carboxylic acids is 1. The van der Waals surface area contributed by atoms with Gasteiger partial charge in [0.05, 0.1) is 24.4 Å². The number of likely N-dealkylation sites (tertiary alicyclic amines) is 1. The molecule has 0 radical (unpaired) electrons. The molecule has 5 saturated carbocycles. The highest BCUT2D eigenvalue weighted by molar-refractivity contribution is 5.89. The van der Waals surface area contributed by atoms with E-state index in [0.29, 0.717) is 18.6 Å². The van der Waals surface area contributed by atoms with E-state index in [1.807, 2.05) is 32.4 Å². The standard InChI is InChI=1S/C31H41NO8/c1-32-14-28(15-35-2)12-11-18(36-3)30-17-13-29(34)24(39-27(33)16-9-7-6-8-10-16)19(17)31(26(40-31)25(29)38-5)20(23(30)32)21(37-4)22(28)30/h6-10,17-26,34H,11-15H2,1-5H3/t17-,18?,19-,20+,21?,22-,23+,24?,25+,26-,28+,29-,30?,31-/m1/s1. The lowest BCUT2D eigenvalue weighted by molar-refractivity contribution is -0.249. The lowest BCUT2D eigenvalue weighted by Gasteiger charge is -2.67. The summed E-state index contributed by atoms with van der Waals surface area (Å²) in [6.07, 6.45) is 0.639. The Bertz CT molecular complexity index is 1210. The van der Waals surface area contributed by atoms with Gasteiger partial charge in [-0.3, -0.25) is 0 Å². The van der Waals surface area contributed by atoms with Crippen LogP contribution in [0.25, 0.3) is 0 Å². The number of piperidine rings is 1. The van der Waals surface area contributed by atoms with Gasteiger partial charge >= 0.3 is 5.97 Å². The number of benzene rings is 1. The first kappa shape index (κ1) is 26.1. The number of rotatable bonds is 7. The van der Waals surface area contributed by atoms with Gasteiger partial charge in [-0.15, -0.1) is 0 Å². The minimum absolute atomic E-state index is 0.00754. The predicted octanol–water partition coefficient (Wildman–Crippen LogP) is 1.76. The molecular weight excluding hydrogens is 514 g/mol. The Hall–Kier alpha value is -1.59. The molecule has 5 aliphatic carbocycles. The van der Waals surface area contributed by atoms with Crippen LogP contribution in [0.3, 0.4) is 0 Å². The highest BCUT2D eigenvalue weighted by atomic mass is 16.7. The van der Waals surface area contributed by atoms with Crippen LogP contribution in [0.5, 0.6) is 0 Å². The molecule has 7 bridgehead atoms. The van der Waals surface area contributed by atoms with Crippen molar-refractivity contribution in [1.29, 1.82) is 0 Å². The summed E-state index contributed by atoms with van der Waals surface area (Å²) in [7, 11) is 9.32. The van der Waals surface area contributed by atoms with Crippen molar-refractivity contribution in [3.8, 4) is 0 Å². The van der Waals surface area contributed by atoms with E-state index < -0.39 is 29.4 Å². The molecule has 8 rings (SSSR count). The topological polar surface area (TPSA) is 99.2 Å². The van der Waals surface area contributed by atoms with E-state index in [4.69, 9.17) is 28.4 Å². The van der Waals surface area contributed by atoms with Crippen LogP contribution in [-0.2, 0) is 28.4 Å². The molecule has 9 nitrogen and oxygen atoms in total. The number of hydrogen-bond donors (Lipinski definition) is 1. The number of carbonyl (C=O) groups is 1. The van der Waals surface area contributed by atoms with E-state index >= 15 is 0 Å². The Balaban J connectivity index is 1.33. The predicted molar refractivity (Wildman–Crippen MR) is 142 cm³/mol. The molecule has 1 aromatic rings. The zero-order valence-corrected chi connectivity index (χ0v) is 23.9. The fraction of sp³-hybridized carbons (Fsp3) is 0.774. The molecular formula is C31H41NO8. The second-order valence-corrected chi connectivity index (χ2v) is 13.7. The largest absolute Gasteiger partial charge is 0.455 e. The number of fused-ring (bicyclic) bond motifs is 1. The summed E-state index contributed by atoms with van der Waals surface area (Å²) in [5.74, 6) is -0.435. The van der Waals surface area contributed by atoms with Crippen molar-refractivity contribution in [2.75, 3.05) is 48.6 Å². The maximum Gasteiger partial charge on any atom is 0.338 e. The number of ether oxygens (including phenoxy) is 6. The molecule has 7 aliphatic rings. The summed E-state index contributed by atoms with van der Waals surface area (Å²) >= 11 is 0. The van der Waals surface area contributed by atoms with Crippen molar-refractivity contribution < 1.29 is 38.3 Å². The monoisotopic (exact) mass is 555 g/mol. The Morgan fingerprint density at radius 1 is 1.07 bits per heavy atom. The van der Waals surface area contributed by atoms with Crippen LogP contribution >= 0.6 is 0 Å². The van der Waals surface area contributed by atoms with Crippen LogP contribution in [0.1, 0.15) is 29.6 Å². The molecule has 1 aromatic carbocycles. The van der Waals surface area contributed by atoms with E-state index in [-0.39, 0.29) is 58.9 Å². The van der Waals surface area contributed by atoms with Gasteiger partial charge in [0.2, 0.25) is 0 Å². The highest BCUT2D eigenvalue weighted by Gasteiger charge is 2.95. The quantitative estimate of drug-likeness (QED) is 0.399. The third kappa shape index (κ3) is 2.64. The van der Waals surface area contributed by atoms with E-state index in [2.05, 4.69) is 11.9 Å². The SMILES string of the molecule is COC[C@@]12CCC(OC)C34[C@@H]5C[C@@]6(O)C(OC(=O)c7ccccc7)[C@@H]5[C@@]5(O[C@@H]5[C@@H]6OC)[C@@H](C(OC)[C@@H]31)[C@@H]4N(C)C2. The average Bonchev–Trinajstić information content (AvgIpc) is 3.53. The Labute approximate surface area is 235 Å². The first-order valence-corrected chi connectivity index (χ1v) is 14.7. The molecule has 0 amide bonds. The molecule has 2 saturated heterocycles. The zero-order chi connectivity index (χ0) is 27.8. The molecule has 4 unspecified atom stereocenters. The van der Waals surface area contributed by atoms with Crippen LogP contribution < -0.4 is 0 Å². The molecule has 2 spiro atoms. The van der Waals surface area contributed by atoms with Crippen molar-refractivity contribution in [3.05, 3.63) is 35.9 Å². The Morgan fingerprint density at radius 3 is 2.52 bits per heavy atom. The third-order valence-electron chi connectivity index (χ3n) is 12.7. The van der Waals surface area contributed by atoms with Crippen LogP contribution in [0.15, 0.2) is 30.3 Å². The number of esters is 1. The molecule has 0 aromatic heterocycles. The smallest absolute Gasteiger partial charge is 0.338 e. The van der Waals surface area contributed by atoms with Crippen LogP contribution in [0.4, 0.5) is 0 Å². The molecule has 7 fully saturated rings. The second kappa shape index (κ2) is 8.28. The Morgan fingerprint density at radius 2 is 1.85 bits per heavy atom. The van der Waals surface area contributed by atoms with E-state index in [0.717, 1.165) is 19.4 Å². The summed E-state index contributed by atoms with van der Waals surface area (Å²) in [5.41, 5.74) is -1.94. The molecule has 218 valence electrons. The lowest BCUT2D eigenvalue weighted by Crippen LogP contribution is -2.75. The van der Waals surface area contributed by atoms with Crippen molar-refractivity contribution in [3.63, 3.8) is 0 Å². The van der Waals surface area contributed by atoms with Gasteiger partial charge in [-0.1, -0.05) is 18.2 Å². The van der Waals surface area contributed by atoms with Gasteiger partial charge in [-0.05, 0) is 44.4 Å². The van der Waals surface area contributed by atoms with Gasteiger partial charge < -0.3 is 38.4 Å². The number of aliphatic hydroxyl groups is 1. The molecule has 9 heteroatoms. The van der Waals surface area contributed by atoms with Crippen molar-refractivity contribution >= 4 is 5.97 Å². The molecule has 1 N–H and O–H groups in total. The van der Waals surface area contributed by atoms with Crippen molar-refractivity contribution in [2.45, 2.75) is 67.0 Å². The van der Waals surface area contributed by atoms with Gasteiger partial charge in [0, 0.05) is 69.6 Å². The minimum Gasteiger partial charge on any atom is -0.455 e. The second-order valence-electron chi connectivity index (χ2n) is 13.7. The van der Waals surface area contributed by atoms with Gasteiger partial charge in [0.15, 0.2) is 0 Å². The molecule has 14 atom stereocenters. The van der Waals surface area contributed by atoms with Gasteiger partial charge in [-0.25, -0.2) is 4.79 Å². The summed E-state index contributed by atoms with van der Waals surface area (Å²) in [4.78, 5) is 16.1. The van der Waals surface area contributed by atoms with Crippen molar-refractivity contribution in [1.82, 2.24) is 4.90 Å². The lowest BCUT2D eigenvalue weighted by atomic mass is 9.43. The minimum atomic E-state index is -1.37. The van der Waals surface area contributed by atoms with Crippen molar-refractivity contribution in [2.24, 2.45) is 34.5 Å². The third-order valence-corrected chi connectivity index (χ3v) is 12.7. The summed E-state index contributed by atoms with van der Waals surface area (Å²) in [6.45, 7) is 1.57. The van der Waals surface area contributed by atoms with Gasteiger partial charge in [0.1, 0.15) is 29.5 Å². The molecule has 2 aliphatic heterocycles. The van der Waals surface area contributed by atoms with E-state index in [1.165, 1.54) is 0 Å². The normalized spacial score (nSPS) is 54.6. The van der Waals surface area contributed by atoms with Crippen LogP contribution in [0, 0.1) is 34.5 Å². The summed E-state index contributed by atoms with van der Waals surface area (Å²) in [6, 6.07) is 9.18. The first-order valence-electron chi connectivity index (χ1n) is 14.7. The number of epoxide rings is 1. The van der Waals surface area contributed by atoms with E-state index in [9.17, 15) is 9.90 Å². The fourth-order valence-electron chi connectivity index (χ4n) is 12.2. The fourth-order valence-corrected chi connectivity index (χ4v) is 12.2. The maximum atomic E-state index is 13.5. The van der Waals surface area contributed by atoms with Gasteiger partial charge in [0.25, 0.3) is 0 Å². The van der Waals surface area contributed by atoms with Gasteiger partial charge in [-0.2, -0.15) is 0 Å². The first-order chi connectivity index (χ1) is 19.3. The van der Waals surface area contributed by atoms with Crippen LogP contribution in [-0.4, -0.2) is 112 Å². The number of hydrogen-bond acceptors (Lipinski definition) is 9. The highest BCUT2D eigenvalue weighted by Crippen LogP contribution is 2.83. The molecule has 2 heterocycles. The average molecular weight is 556 g/mol. The number of methoxy groups -OCH3 is 4.